The first-order chi connectivity index (χ1) is 7.75. The van der Waals surface area contributed by atoms with Crippen molar-refractivity contribution in [1.29, 1.82) is 0 Å². The third kappa shape index (κ3) is 3.12. The van der Waals surface area contributed by atoms with Gasteiger partial charge in [-0.15, -0.1) is 0 Å². The molecule has 1 rings (SSSR count). The first kappa shape index (κ1) is 13.8. The van der Waals surface area contributed by atoms with Gasteiger partial charge in [0.1, 0.15) is 0 Å². The van der Waals surface area contributed by atoms with Crippen molar-refractivity contribution in [3.63, 3.8) is 0 Å². The second kappa shape index (κ2) is 4.96. The molecule has 0 fully saturated rings. The van der Waals surface area contributed by atoms with Gasteiger partial charge in [-0.1, -0.05) is 29.8 Å². The lowest BCUT2D eigenvalue weighted by molar-refractivity contribution is -0.186. The normalized spacial score (nSPS) is 13.3. The van der Waals surface area contributed by atoms with Gasteiger partial charge in [0.2, 0.25) is 0 Å². The number of hydrogen-bond acceptors (Lipinski definition) is 1. The van der Waals surface area contributed by atoms with Gasteiger partial charge >= 0.3 is 12.1 Å². The number of nitrogens with zero attached hydrogens (tertiary/aromatic N) is 1. The summed E-state index contributed by atoms with van der Waals surface area (Å²) in [7, 11) is 1.10. The van der Waals surface area contributed by atoms with Crippen molar-refractivity contribution in [2.24, 2.45) is 0 Å². The molecule has 0 saturated heterocycles. The molecule has 0 N–H and O–H groups in total. The highest BCUT2D eigenvalue weighted by atomic mass is 35.5. The molecule has 0 aliphatic heterocycles. The summed E-state index contributed by atoms with van der Waals surface area (Å²) in [6, 6.07) is 5.75. The molecule has 0 saturated carbocycles. The first-order valence-corrected chi connectivity index (χ1v) is 5.21. The van der Waals surface area contributed by atoms with Crippen LogP contribution in [0.4, 0.5) is 13.2 Å². The van der Waals surface area contributed by atoms with Crippen molar-refractivity contribution in [1.82, 2.24) is 4.90 Å². The van der Waals surface area contributed by atoms with Gasteiger partial charge in [-0.25, -0.2) is 0 Å². The number of carbonyl (C=O) groups excluding carboxylic acids is 1. The third-order valence-corrected chi connectivity index (χ3v) is 2.84. The zero-order chi connectivity index (χ0) is 13.2. The Kier molecular flexibility index (Phi) is 4.03. The number of halogens is 4. The topological polar surface area (TPSA) is 20.3 Å². The number of carbonyl (C=O) groups is 1. The van der Waals surface area contributed by atoms with Gasteiger partial charge in [0.05, 0.1) is 6.04 Å². The second-order valence-corrected chi connectivity index (χ2v) is 4.02. The lowest BCUT2D eigenvalue weighted by Gasteiger charge is -2.26. The molecular weight excluding hydrogens is 255 g/mol. The van der Waals surface area contributed by atoms with Crippen LogP contribution in [-0.4, -0.2) is 24.0 Å². The molecule has 6 heteroatoms. The summed E-state index contributed by atoms with van der Waals surface area (Å²) in [5, 5.41) is 0.335. The number of hydrogen-bond donors (Lipinski definition) is 0. The highest BCUT2D eigenvalue weighted by Gasteiger charge is 2.42. The van der Waals surface area contributed by atoms with E-state index in [0.717, 1.165) is 7.05 Å². The molecule has 1 aromatic rings. The minimum atomic E-state index is -4.87. The summed E-state index contributed by atoms with van der Waals surface area (Å²) >= 11 is 5.86. The molecule has 1 atom stereocenters. The predicted octanol–water partition coefficient (Wildman–Crippen LogP) is 3.42. The average Bonchev–Trinajstić information content (AvgIpc) is 2.25. The third-order valence-electron chi connectivity index (χ3n) is 2.50. The van der Waals surface area contributed by atoms with Crippen molar-refractivity contribution in [3.05, 3.63) is 34.9 Å². The Bertz CT molecular complexity index is 419. The van der Waals surface area contributed by atoms with Crippen LogP contribution in [-0.2, 0) is 4.79 Å². The molecule has 0 aromatic heterocycles. The quantitative estimate of drug-likeness (QED) is 0.802. The Morgan fingerprint density at radius 1 is 1.35 bits per heavy atom. The van der Waals surface area contributed by atoms with Gasteiger partial charge in [0.25, 0.3) is 0 Å². The molecular formula is C11H11ClF3NO. The second-order valence-electron chi connectivity index (χ2n) is 3.61. The van der Waals surface area contributed by atoms with Crippen molar-refractivity contribution in [2.75, 3.05) is 7.05 Å². The van der Waals surface area contributed by atoms with Crippen LogP contribution < -0.4 is 0 Å². The summed E-state index contributed by atoms with van der Waals surface area (Å²) in [5.74, 6) is -1.88. The Morgan fingerprint density at radius 2 is 1.88 bits per heavy atom. The molecule has 0 heterocycles. The predicted molar refractivity (Wildman–Crippen MR) is 58.7 cm³/mol. The minimum absolute atomic E-state index is 0.335. The van der Waals surface area contributed by atoms with E-state index < -0.39 is 18.1 Å². The number of amides is 1. The highest BCUT2D eigenvalue weighted by molar-refractivity contribution is 6.31. The molecule has 0 bridgehead atoms. The Hall–Kier alpha value is -1.23. The minimum Gasteiger partial charge on any atom is -0.331 e. The van der Waals surface area contributed by atoms with Gasteiger partial charge in [-0.3, -0.25) is 4.79 Å². The monoisotopic (exact) mass is 265 g/mol. The fourth-order valence-corrected chi connectivity index (χ4v) is 1.69. The van der Waals surface area contributed by atoms with Crippen molar-refractivity contribution in [2.45, 2.75) is 19.1 Å². The maximum atomic E-state index is 12.3. The van der Waals surface area contributed by atoms with E-state index in [1.807, 2.05) is 0 Å². The Labute approximate surface area is 102 Å². The molecule has 17 heavy (non-hydrogen) atoms. The summed E-state index contributed by atoms with van der Waals surface area (Å²) in [6.07, 6.45) is -4.87. The molecule has 2 nitrogen and oxygen atoms in total. The zero-order valence-electron chi connectivity index (χ0n) is 9.25. The molecule has 94 valence electrons. The summed E-state index contributed by atoms with van der Waals surface area (Å²) in [5.41, 5.74) is 0.481. The summed E-state index contributed by atoms with van der Waals surface area (Å²) < 4.78 is 36.8. The van der Waals surface area contributed by atoms with Crippen LogP contribution in [0.5, 0.6) is 0 Å². The van der Waals surface area contributed by atoms with Gasteiger partial charge in [-0.05, 0) is 18.6 Å². The van der Waals surface area contributed by atoms with E-state index in [-0.39, 0.29) is 0 Å². The van der Waals surface area contributed by atoms with E-state index in [4.69, 9.17) is 11.6 Å². The molecule has 1 amide bonds. The maximum absolute atomic E-state index is 12.3. The average molecular weight is 266 g/mol. The van der Waals surface area contributed by atoms with Crippen LogP contribution in [0.1, 0.15) is 18.5 Å². The summed E-state index contributed by atoms with van der Waals surface area (Å²) in [4.78, 5) is 11.7. The van der Waals surface area contributed by atoms with Gasteiger partial charge in [0, 0.05) is 12.1 Å². The smallest absolute Gasteiger partial charge is 0.331 e. The molecule has 1 unspecified atom stereocenters. The zero-order valence-corrected chi connectivity index (χ0v) is 10.0. The van der Waals surface area contributed by atoms with Crippen molar-refractivity contribution < 1.29 is 18.0 Å². The first-order valence-electron chi connectivity index (χ1n) is 4.83. The van der Waals surface area contributed by atoms with Crippen LogP contribution in [0, 0.1) is 0 Å². The standard InChI is InChI=1S/C11H11ClF3NO/c1-7(8-5-3-4-6-9(8)12)16(2)10(17)11(13,14)15/h3-7H,1-2H3. The molecule has 0 radical (unpaired) electrons. The molecule has 0 aliphatic rings. The lowest BCUT2D eigenvalue weighted by atomic mass is 10.1. The van der Waals surface area contributed by atoms with Crippen molar-refractivity contribution >= 4 is 17.5 Å². The number of benzene rings is 1. The lowest BCUT2D eigenvalue weighted by Crippen LogP contribution is -2.39. The fourth-order valence-electron chi connectivity index (χ4n) is 1.40. The van der Waals surface area contributed by atoms with Gasteiger partial charge < -0.3 is 4.90 Å². The Balaban J connectivity index is 2.95. The van der Waals surface area contributed by atoms with Crippen LogP contribution >= 0.6 is 11.6 Å². The van der Waals surface area contributed by atoms with Gasteiger partial charge in [-0.2, -0.15) is 13.2 Å². The Morgan fingerprint density at radius 3 is 2.35 bits per heavy atom. The van der Waals surface area contributed by atoms with E-state index in [1.165, 1.54) is 6.92 Å². The SMILES string of the molecule is CC(c1ccccc1Cl)N(C)C(=O)C(F)(F)F. The van der Waals surface area contributed by atoms with E-state index in [2.05, 4.69) is 0 Å². The number of alkyl halides is 3. The van der Waals surface area contributed by atoms with Crippen LogP contribution in [0.15, 0.2) is 24.3 Å². The highest BCUT2D eigenvalue weighted by Crippen LogP contribution is 2.29. The molecule has 0 aliphatic carbocycles. The van der Waals surface area contributed by atoms with E-state index in [9.17, 15) is 18.0 Å². The van der Waals surface area contributed by atoms with E-state index >= 15 is 0 Å². The van der Waals surface area contributed by atoms with Crippen molar-refractivity contribution in [3.8, 4) is 0 Å². The number of rotatable bonds is 2. The van der Waals surface area contributed by atoms with Crippen LogP contribution in [0.2, 0.25) is 5.02 Å². The van der Waals surface area contributed by atoms with E-state index in [0.29, 0.717) is 15.5 Å². The molecule has 0 spiro atoms. The van der Waals surface area contributed by atoms with Gasteiger partial charge in [0.15, 0.2) is 0 Å². The molecule has 1 aromatic carbocycles. The fraction of sp³-hybridized carbons (Fsp3) is 0.364. The maximum Gasteiger partial charge on any atom is 0.471 e. The van der Waals surface area contributed by atoms with Crippen LogP contribution in [0.3, 0.4) is 0 Å². The van der Waals surface area contributed by atoms with E-state index in [1.54, 1.807) is 24.3 Å². The largest absolute Gasteiger partial charge is 0.471 e. The summed E-state index contributed by atoms with van der Waals surface area (Å²) in [6.45, 7) is 1.49. The van der Waals surface area contributed by atoms with Crippen LogP contribution in [0.25, 0.3) is 0 Å².